The zero-order chi connectivity index (χ0) is 20.6. The summed E-state index contributed by atoms with van der Waals surface area (Å²) in [5.41, 5.74) is 0.672. The molecule has 0 radical (unpaired) electrons. The van der Waals surface area contributed by atoms with Crippen molar-refractivity contribution in [1.29, 1.82) is 0 Å². The number of H-pyrrole nitrogens is 1. The summed E-state index contributed by atoms with van der Waals surface area (Å²) in [7, 11) is 0. The molecule has 1 aromatic heterocycles. The Labute approximate surface area is 164 Å². The number of nitrogens with zero attached hydrogens (tertiary/aromatic N) is 2. The number of urea groups is 1. The van der Waals surface area contributed by atoms with Gasteiger partial charge in [0.15, 0.2) is 0 Å². The van der Waals surface area contributed by atoms with E-state index in [1.165, 1.54) is 37.4 Å². The lowest BCUT2D eigenvalue weighted by molar-refractivity contribution is -0.131. The molecular weight excluding hydrogens is 382 g/mol. The number of benzene rings is 2. The van der Waals surface area contributed by atoms with Crippen LogP contribution >= 0.6 is 0 Å². The number of carbonyl (C=O) groups is 2. The van der Waals surface area contributed by atoms with Crippen LogP contribution in [0.4, 0.5) is 13.6 Å². The number of rotatable bonds is 5. The summed E-state index contributed by atoms with van der Waals surface area (Å²) in [5, 5.41) is 8.32. The van der Waals surface area contributed by atoms with E-state index in [9.17, 15) is 18.4 Å². The van der Waals surface area contributed by atoms with Crippen molar-refractivity contribution in [3.8, 4) is 5.75 Å². The maximum absolute atomic E-state index is 12.9. The minimum Gasteiger partial charge on any atom is -0.435 e. The fourth-order valence-corrected chi connectivity index (χ4v) is 3.22. The van der Waals surface area contributed by atoms with E-state index in [0.717, 1.165) is 21.5 Å². The second kappa shape index (κ2) is 7.01. The maximum Gasteiger partial charge on any atom is 0.387 e. The SMILES string of the molecule is C[C@@]1(c2ccc(OC(F)F)cc2)NC(=O)N(/N=C/c2c[nH]c3ccccc23)C1=O. The molecule has 2 N–H and O–H groups in total. The highest BCUT2D eigenvalue weighted by Crippen LogP contribution is 2.30. The van der Waals surface area contributed by atoms with Gasteiger partial charge in [0, 0.05) is 22.7 Å². The third-order valence-electron chi connectivity index (χ3n) is 4.76. The molecule has 0 saturated carbocycles. The van der Waals surface area contributed by atoms with Gasteiger partial charge in [0.1, 0.15) is 11.3 Å². The van der Waals surface area contributed by atoms with E-state index in [0.29, 0.717) is 5.56 Å². The molecule has 4 rings (SSSR count). The van der Waals surface area contributed by atoms with Gasteiger partial charge in [0.05, 0.1) is 6.21 Å². The van der Waals surface area contributed by atoms with Crippen LogP contribution in [0.15, 0.2) is 59.8 Å². The Morgan fingerprint density at radius 3 is 2.59 bits per heavy atom. The van der Waals surface area contributed by atoms with Gasteiger partial charge < -0.3 is 15.0 Å². The van der Waals surface area contributed by atoms with E-state index in [-0.39, 0.29) is 5.75 Å². The van der Waals surface area contributed by atoms with E-state index in [1.807, 2.05) is 24.3 Å². The number of hydrogen-bond acceptors (Lipinski definition) is 4. The first-order chi connectivity index (χ1) is 13.9. The largest absolute Gasteiger partial charge is 0.435 e. The third-order valence-corrected chi connectivity index (χ3v) is 4.76. The number of para-hydroxylation sites is 1. The minimum absolute atomic E-state index is 0.0432. The van der Waals surface area contributed by atoms with Gasteiger partial charge in [-0.1, -0.05) is 30.3 Å². The number of hydrazone groups is 1. The number of ether oxygens (including phenoxy) is 1. The monoisotopic (exact) mass is 398 g/mol. The molecule has 1 fully saturated rings. The first-order valence-corrected chi connectivity index (χ1v) is 8.70. The zero-order valence-corrected chi connectivity index (χ0v) is 15.2. The van der Waals surface area contributed by atoms with Crippen molar-refractivity contribution in [1.82, 2.24) is 15.3 Å². The average molecular weight is 398 g/mol. The molecule has 2 heterocycles. The molecule has 2 aromatic carbocycles. The summed E-state index contributed by atoms with van der Waals surface area (Å²) < 4.78 is 28.9. The normalized spacial score (nSPS) is 19.5. The number of amides is 3. The summed E-state index contributed by atoms with van der Waals surface area (Å²) in [4.78, 5) is 28.3. The third kappa shape index (κ3) is 3.31. The van der Waals surface area contributed by atoms with E-state index in [4.69, 9.17) is 0 Å². The first-order valence-electron chi connectivity index (χ1n) is 8.70. The Balaban J connectivity index is 1.58. The van der Waals surface area contributed by atoms with Gasteiger partial charge in [0.2, 0.25) is 0 Å². The predicted octanol–water partition coefficient (Wildman–Crippen LogP) is 3.57. The summed E-state index contributed by atoms with van der Waals surface area (Å²) in [6.45, 7) is -1.42. The smallest absolute Gasteiger partial charge is 0.387 e. The first kappa shape index (κ1) is 18.6. The molecule has 0 spiro atoms. The molecule has 0 bridgehead atoms. The Morgan fingerprint density at radius 1 is 1.14 bits per heavy atom. The van der Waals surface area contributed by atoms with Crippen molar-refractivity contribution in [2.75, 3.05) is 0 Å². The highest BCUT2D eigenvalue weighted by molar-refractivity contribution is 6.08. The molecule has 29 heavy (non-hydrogen) atoms. The maximum atomic E-state index is 12.9. The second-order valence-corrected chi connectivity index (χ2v) is 6.61. The van der Waals surface area contributed by atoms with Crippen LogP contribution in [0.5, 0.6) is 5.75 Å². The van der Waals surface area contributed by atoms with Crippen LogP contribution in [-0.4, -0.2) is 34.8 Å². The average Bonchev–Trinajstić information content (AvgIpc) is 3.20. The molecule has 1 saturated heterocycles. The molecule has 7 nitrogen and oxygen atoms in total. The van der Waals surface area contributed by atoms with Crippen LogP contribution in [0, 0.1) is 0 Å². The standard InChI is InChI=1S/C20H16F2N4O3/c1-20(13-6-8-14(9-7-13)29-18(21)22)17(27)26(19(28)25-20)24-11-12-10-23-16-5-3-2-4-15(12)16/h2-11,18,23H,1H3,(H,25,28)/b24-11+/t20-/m0/s1. The van der Waals surface area contributed by atoms with Crippen LogP contribution in [0.1, 0.15) is 18.1 Å². The number of nitrogens with one attached hydrogen (secondary N) is 2. The second-order valence-electron chi connectivity index (χ2n) is 6.61. The van der Waals surface area contributed by atoms with Gasteiger partial charge in [-0.05, 0) is 30.7 Å². The Hall–Kier alpha value is -3.75. The van der Waals surface area contributed by atoms with E-state index in [2.05, 4.69) is 20.1 Å². The van der Waals surface area contributed by atoms with E-state index in [1.54, 1.807) is 6.20 Å². The summed E-state index contributed by atoms with van der Waals surface area (Å²) >= 11 is 0. The number of alkyl halides is 2. The van der Waals surface area contributed by atoms with Gasteiger partial charge in [-0.25, -0.2) is 4.79 Å². The van der Waals surface area contributed by atoms with Gasteiger partial charge in [-0.3, -0.25) is 4.79 Å². The Morgan fingerprint density at radius 2 is 1.86 bits per heavy atom. The van der Waals surface area contributed by atoms with Gasteiger partial charge in [-0.15, -0.1) is 5.01 Å². The minimum atomic E-state index is -2.95. The van der Waals surface area contributed by atoms with Crippen molar-refractivity contribution in [3.63, 3.8) is 0 Å². The molecule has 0 unspecified atom stereocenters. The highest BCUT2D eigenvalue weighted by atomic mass is 19.3. The molecule has 3 aromatic rings. The van der Waals surface area contributed by atoms with Crippen molar-refractivity contribution >= 4 is 29.1 Å². The lowest BCUT2D eigenvalue weighted by Crippen LogP contribution is -2.40. The number of hydrogen-bond donors (Lipinski definition) is 2. The Kier molecular flexibility index (Phi) is 4.50. The van der Waals surface area contributed by atoms with Crippen LogP contribution in [0.25, 0.3) is 10.9 Å². The van der Waals surface area contributed by atoms with E-state index >= 15 is 0 Å². The van der Waals surface area contributed by atoms with Gasteiger partial charge in [-0.2, -0.15) is 13.9 Å². The fraction of sp³-hybridized carbons (Fsp3) is 0.150. The van der Waals surface area contributed by atoms with Crippen LogP contribution < -0.4 is 10.1 Å². The molecule has 148 valence electrons. The Bertz CT molecular complexity index is 1110. The van der Waals surface area contributed by atoms with Crippen molar-refractivity contribution < 1.29 is 23.1 Å². The quantitative estimate of drug-likeness (QED) is 0.509. The summed E-state index contributed by atoms with van der Waals surface area (Å²) in [6, 6.07) is 12.4. The predicted molar refractivity (Wildman–Crippen MR) is 102 cm³/mol. The number of carbonyl (C=O) groups excluding carboxylic acids is 2. The molecule has 1 atom stereocenters. The fourth-order valence-electron chi connectivity index (χ4n) is 3.22. The van der Waals surface area contributed by atoms with Crippen LogP contribution in [0.2, 0.25) is 0 Å². The highest BCUT2D eigenvalue weighted by Gasteiger charge is 2.49. The summed E-state index contributed by atoms with van der Waals surface area (Å²) in [5.74, 6) is -0.626. The van der Waals surface area contributed by atoms with Crippen LogP contribution in [-0.2, 0) is 10.3 Å². The summed E-state index contributed by atoms with van der Waals surface area (Å²) in [6.07, 6.45) is 3.16. The molecule has 1 aliphatic heterocycles. The molecule has 3 amide bonds. The number of halogens is 2. The lowest BCUT2D eigenvalue weighted by atomic mass is 9.92. The molecule has 9 heteroatoms. The number of aromatic amines is 1. The van der Waals surface area contributed by atoms with Gasteiger partial charge in [0.25, 0.3) is 5.91 Å². The van der Waals surface area contributed by atoms with Gasteiger partial charge >= 0.3 is 12.6 Å². The number of imide groups is 1. The molecule has 1 aliphatic rings. The van der Waals surface area contributed by atoms with E-state index < -0.39 is 24.1 Å². The number of fused-ring (bicyclic) bond motifs is 1. The lowest BCUT2D eigenvalue weighted by Gasteiger charge is -2.21. The molecule has 0 aliphatic carbocycles. The molecular formula is C20H16F2N4O3. The zero-order valence-electron chi connectivity index (χ0n) is 15.2. The van der Waals surface area contributed by atoms with Crippen molar-refractivity contribution in [3.05, 3.63) is 65.9 Å². The van der Waals surface area contributed by atoms with Crippen molar-refractivity contribution in [2.24, 2.45) is 5.10 Å². The van der Waals surface area contributed by atoms with Crippen LogP contribution in [0.3, 0.4) is 0 Å². The van der Waals surface area contributed by atoms with Crippen molar-refractivity contribution in [2.45, 2.75) is 19.1 Å². The number of aromatic nitrogens is 1. The topological polar surface area (TPSA) is 86.8 Å².